The van der Waals surface area contributed by atoms with Gasteiger partial charge in [-0.25, -0.2) is 0 Å². The Morgan fingerprint density at radius 1 is 1.17 bits per heavy atom. The Bertz CT molecular complexity index is 731. The van der Waals surface area contributed by atoms with Gasteiger partial charge in [0.05, 0.1) is 6.04 Å². The molecule has 126 valence electrons. The molecule has 0 saturated heterocycles. The van der Waals surface area contributed by atoms with E-state index in [-0.39, 0.29) is 24.4 Å². The van der Waals surface area contributed by atoms with Crippen LogP contribution in [0.3, 0.4) is 0 Å². The first-order valence-corrected chi connectivity index (χ1v) is 8.14. The van der Waals surface area contributed by atoms with E-state index in [9.17, 15) is 9.59 Å². The van der Waals surface area contributed by atoms with Crippen LogP contribution in [0.5, 0.6) is 0 Å². The minimum absolute atomic E-state index is 0.0165. The highest BCUT2D eigenvalue weighted by Crippen LogP contribution is 2.22. The number of benzene rings is 2. The Hall–Kier alpha value is -2.33. The molecule has 0 radical (unpaired) electrons. The van der Waals surface area contributed by atoms with Gasteiger partial charge in [-0.3, -0.25) is 9.59 Å². The summed E-state index contributed by atoms with van der Waals surface area (Å²) in [6.45, 7) is 5.25. The lowest BCUT2D eigenvalue weighted by Gasteiger charge is -2.28. The van der Waals surface area contributed by atoms with E-state index < -0.39 is 0 Å². The van der Waals surface area contributed by atoms with Gasteiger partial charge in [0.2, 0.25) is 11.8 Å². The molecule has 24 heavy (non-hydrogen) atoms. The fraction of sp³-hybridized carbons (Fsp3) is 0.263. The molecular weight excluding hydrogens is 324 g/mol. The van der Waals surface area contributed by atoms with Crippen LogP contribution in [0.2, 0.25) is 5.02 Å². The Morgan fingerprint density at radius 2 is 1.83 bits per heavy atom. The lowest BCUT2D eigenvalue weighted by Crippen LogP contribution is -2.38. The van der Waals surface area contributed by atoms with Gasteiger partial charge in [-0.1, -0.05) is 48.0 Å². The molecule has 0 saturated carbocycles. The maximum absolute atomic E-state index is 12.4. The number of nitrogens with zero attached hydrogens (tertiary/aromatic N) is 1. The first kappa shape index (κ1) is 18.0. The number of anilines is 1. The Kier molecular flexibility index (Phi) is 5.99. The number of aryl methyl sites for hydroxylation is 1. The average molecular weight is 345 g/mol. The van der Waals surface area contributed by atoms with Gasteiger partial charge in [-0.2, -0.15) is 0 Å². The molecule has 0 heterocycles. The van der Waals surface area contributed by atoms with E-state index in [0.717, 1.165) is 11.1 Å². The second-order valence-corrected chi connectivity index (χ2v) is 6.18. The van der Waals surface area contributed by atoms with E-state index in [0.29, 0.717) is 10.7 Å². The van der Waals surface area contributed by atoms with E-state index >= 15 is 0 Å². The van der Waals surface area contributed by atoms with Crippen molar-refractivity contribution in [1.82, 2.24) is 4.90 Å². The van der Waals surface area contributed by atoms with Crippen molar-refractivity contribution in [2.24, 2.45) is 0 Å². The molecule has 0 aliphatic carbocycles. The van der Waals surface area contributed by atoms with Crippen molar-refractivity contribution in [3.8, 4) is 0 Å². The zero-order chi connectivity index (χ0) is 17.7. The third kappa shape index (κ3) is 4.59. The summed E-state index contributed by atoms with van der Waals surface area (Å²) in [6.07, 6.45) is 0. The topological polar surface area (TPSA) is 49.4 Å². The van der Waals surface area contributed by atoms with Crippen molar-refractivity contribution in [2.75, 3.05) is 11.9 Å². The lowest BCUT2D eigenvalue weighted by molar-refractivity contribution is -0.134. The number of carbonyl (C=O) groups excluding carboxylic acids is 2. The van der Waals surface area contributed by atoms with Crippen molar-refractivity contribution < 1.29 is 9.59 Å². The molecule has 2 rings (SSSR count). The number of halogens is 1. The quantitative estimate of drug-likeness (QED) is 0.883. The summed E-state index contributed by atoms with van der Waals surface area (Å²) in [7, 11) is 0. The molecule has 0 bridgehead atoms. The zero-order valence-electron chi connectivity index (χ0n) is 14.0. The maximum Gasteiger partial charge on any atom is 0.244 e. The summed E-state index contributed by atoms with van der Waals surface area (Å²) in [4.78, 5) is 25.9. The molecule has 0 aliphatic heterocycles. The smallest absolute Gasteiger partial charge is 0.244 e. The molecule has 1 N–H and O–H groups in total. The highest BCUT2D eigenvalue weighted by molar-refractivity contribution is 6.31. The van der Waals surface area contributed by atoms with Crippen LogP contribution in [0.4, 0.5) is 5.69 Å². The number of nitrogens with one attached hydrogen (secondary N) is 1. The molecule has 2 aromatic rings. The van der Waals surface area contributed by atoms with Crippen LogP contribution in [0.25, 0.3) is 0 Å². The molecule has 2 aromatic carbocycles. The van der Waals surface area contributed by atoms with E-state index in [1.54, 1.807) is 17.0 Å². The summed E-state index contributed by atoms with van der Waals surface area (Å²) >= 11 is 5.97. The summed E-state index contributed by atoms with van der Waals surface area (Å²) < 4.78 is 0. The van der Waals surface area contributed by atoms with E-state index in [1.165, 1.54) is 6.92 Å². The highest BCUT2D eigenvalue weighted by atomic mass is 35.5. The molecule has 4 nitrogen and oxygen atoms in total. The molecule has 1 atom stereocenters. The van der Waals surface area contributed by atoms with Crippen LogP contribution < -0.4 is 5.32 Å². The predicted molar refractivity (Wildman–Crippen MR) is 97.1 cm³/mol. The third-order valence-corrected chi connectivity index (χ3v) is 4.18. The predicted octanol–water partition coefficient (Wildman–Crippen LogP) is 4.20. The van der Waals surface area contributed by atoms with Gasteiger partial charge < -0.3 is 10.2 Å². The minimum Gasteiger partial charge on any atom is -0.327 e. The second kappa shape index (κ2) is 7.97. The van der Waals surface area contributed by atoms with Gasteiger partial charge in [-0.15, -0.1) is 0 Å². The van der Waals surface area contributed by atoms with Crippen LogP contribution in [0.1, 0.15) is 31.0 Å². The number of amides is 2. The Labute approximate surface area is 147 Å². The van der Waals surface area contributed by atoms with Crippen molar-refractivity contribution >= 4 is 29.1 Å². The van der Waals surface area contributed by atoms with E-state index in [1.807, 2.05) is 50.2 Å². The number of carbonyl (C=O) groups is 2. The molecule has 2 amide bonds. The van der Waals surface area contributed by atoms with Gasteiger partial charge in [0.15, 0.2) is 0 Å². The standard InChI is InChI=1S/C19H21ClN2O2/c1-13-9-10-17(20)11-18(13)21-19(24)12-22(15(3)23)14(2)16-7-5-4-6-8-16/h4-11,14H,12H2,1-3H3,(H,21,24). The van der Waals surface area contributed by atoms with E-state index in [2.05, 4.69) is 5.32 Å². The molecule has 0 aromatic heterocycles. The van der Waals surface area contributed by atoms with Crippen molar-refractivity contribution in [2.45, 2.75) is 26.8 Å². The SMILES string of the molecule is CC(=O)N(CC(=O)Nc1cc(Cl)ccc1C)C(C)c1ccccc1. The van der Waals surface area contributed by atoms with Gasteiger partial charge in [0, 0.05) is 17.6 Å². The summed E-state index contributed by atoms with van der Waals surface area (Å²) in [6, 6.07) is 14.8. The third-order valence-electron chi connectivity index (χ3n) is 3.94. The molecular formula is C19H21ClN2O2. The van der Waals surface area contributed by atoms with E-state index in [4.69, 9.17) is 11.6 Å². The fourth-order valence-electron chi connectivity index (χ4n) is 2.51. The summed E-state index contributed by atoms with van der Waals surface area (Å²) in [5.41, 5.74) is 2.56. The molecule has 0 spiro atoms. The van der Waals surface area contributed by atoms with Gasteiger partial charge in [0.25, 0.3) is 0 Å². The molecule has 0 fully saturated rings. The van der Waals surface area contributed by atoms with Crippen molar-refractivity contribution in [1.29, 1.82) is 0 Å². The monoisotopic (exact) mass is 344 g/mol. The largest absolute Gasteiger partial charge is 0.327 e. The van der Waals surface area contributed by atoms with Crippen molar-refractivity contribution in [3.05, 3.63) is 64.7 Å². The van der Waals surface area contributed by atoms with Gasteiger partial charge >= 0.3 is 0 Å². The van der Waals surface area contributed by atoms with Crippen LogP contribution in [-0.4, -0.2) is 23.3 Å². The fourth-order valence-corrected chi connectivity index (χ4v) is 2.68. The number of rotatable bonds is 5. The maximum atomic E-state index is 12.4. The first-order valence-electron chi connectivity index (χ1n) is 7.76. The van der Waals surface area contributed by atoms with Crippen LogP contribution in [0, 0.1) is 6.92 Å². The number of hydrogen-bond donors (Lipinski definition) is 1. The summed E-state index contributed by atoms with van der Waals surface area (Å²) in [5.74, 6) is -0.400. The molecule has 1 unspecified atom stereocenters. The molecule has 0 aliphatic rings. The average Bonchev–Trinajstić information content (AvgIpc) is 2.56. The van der Waals surface area contributed by atoms with Gasteiger partial charge in [0.1, 0.15) is 6.54 Å². The normalized spacial score (nSPS) is 11.7. The zero-order valence-corrected chi connectivity index (χ0v) is 14.8. The molecule has 5 heteroatoms. The number of hydrogen-bond acceptors (Lipinski definition) is 2. The van der Waals surface area contributed by atoms with Crippen LogP contribution >= 0.6 is 11.6 Å². The Morgan fingerprint density at radius 3 is 2.46 bits per heavy atom. The van der Waals surface area contributed by atoms with Crippen LogP contribution in [0.15, 0.2) is 48.5 Å². The van der Waals surface area contributed by atoms with Crippen LogP contribution in [-0.2, 0) is 9.59 Å². The van der Waals surface area contributed by atoms with Crippen molar-refractivity contribution in [3.63, 3.8) is 0 Å². The first-order chi connectivity index (χ1) is 11.4. The van der Waals surface area contributed by atoms with Gasteiger partial charge in [-0.05, 0) is 37.1 Å². The lowest BCUT2D eigenvalue weighted by atomic mass is 10.1. The Balaban J connectivity index is 2.11. The highest BCUT2D eigenvalue weighted by Gasteiger charge is 2.21. The second-order valence-electron chi connectivity index (χ2n) is 5.74. The minimum atomic E-state index is -0.252. The summed E-state index contributed by atoms with van der Waals surface area (Å²) in [5, 5.41) is 3.38.